The van der Waals surface area contributed by atoms with Gasteiger partial charge in [-0.1, -0.05) is 6.92 Å². The van der Waals surface area contributed by atoms with E-state index in [2.05, 4.69) is 23.4 Å². The van der Waals surface area contributed by atoms with E-state index in [0.29, 0.717) is 6.04 Å². The van der Waals surface area contributed by atoms with Gasteiger partial charge in [-0.2, -0.15) is 0 Å². The van der Waals surface area contributed by atoms with Crippen molar-refractivity contribution in [3.05, 3.63) is 23.0 Å². The number of hydrogen-bond acceptors (Lipinski definition) is 2. The van der Waals surface area contributed by atoms with E-state index in [0.717, 1.165) is 28.0 Å². The van der Waals surface area contributed by atoms with Crippen molar-refractivity contribution in [2.24, 2.45) is 0 Å². The van der Waals surface area contributed by atoms with Crippen LogP contribution >= 0.6 is 12.2 Å². The lowest BCUT2D eigenvalue weighted by Gasteiger charge is -2.12. The van der Waals surface area contributed by atoms with Crippen molar-refractivity contribution in [1.82, 2.24) is 9.55 Å². The van der Waals surface area contributed by atoms with Crippen molar-refractivity contribution >= 4 is 23.3 Å². The first-order valence-corrected chi connectivity index (χ1v) is 5.86. The molecule has 0 aliphatic rings. The Morgan fingerprint density at radius 3 is 2.88 bits per heavy atom. The summed E-state index contributed by atoms with van der Waals surface area (Å²) in [5, 5.41) is 0. The Morgan fingerprint density at radius 1 is 1.50 bits per heavy atom. The van der Waals surface area contributed by atoms with Crippen LogP contribution < -0.4 is 4.74 Å². The molecule has 0 spiro atoms. The van der Waals surface area contributed by atoms with Crippen LogP contribution in [0.1, 0.15) is 26.3 Å². The molecular formula is C12H16N2OS. The molecule has 0 bridgehead atoms. The van der Waals surface area contributed by atoms with Gasteiger partial charge in [-0.15, -0.1) is 0 Å². The highest BCUT2D eigenvalue weighted by atomic mass is 32.1. The van der Waals surface area contributed by atoms with Gasteiger partial charge in [0.25, 0.3) is 0 Å². The maximum Gasteiger partial charge on any atom is 0.178 e. The van der Waals surface area contributed by atoms with Crippen LogP contribution in [0.2, 0.25) is 0 Å². The van der Waals surface area contributed by atoms with E-state index in [-0.39, 0.29) is 0 Å². The molecule has 0 amide bonds. The molecule has 0 fully saturated rings. The largest absolute Gasteiger partial charge is 0.497 e. The van der Waals surface area contributed by atoms with Gasteiger partial charge < -0.3 is 14.3 Å². The van der Waals surface area contributed by atoms with Gasteiger partial charge in [0.2, 0.25) is 0 Å². The summed E-state index contributed by atoms with van der Waals surface area (Å²) >= 11 is 5.34. The molecule has 3 nitrogen and oxygen atoms in total. The third kappa shape index (κ3) is 1.73. The topological polar surface area (TPSA) is 29.9 Å². The third-order valence-corrected chi connectivity index (χ3v) is 3.26. The number of fused-ring (bicyclic) bond motifs is 1. The number of ether oxygens (including phenoxy) is 1. The summed E-state index contributed by atoms with van der Waals surface area (Å²) in [7, 11) is 1.68. The van der Waals surface area contributed by atoms with E-state index in [1.807, 2.05) is 18.2 Å². The van der Waals surface area contributed by atoms with Crippen LogP contribution in [0.25, 0.3) is 11.0 Å². The van der Waals surface area contributed by atoms with Gasteiger partial charge in [0.15, 0.2) is 4.77 Å². The van der Waals surface area contributed by atoms with E-state index >= 15 is 0 Å². The second-order valence-corrected chi connectivity index (χ2v) is 4.33. The summed E-state index contributed by atoms with van der Waals surface area (Å²) in [5.41, 5.74) is 2.17. The Bertz CT molecular complexity index is 556. The van der Waals surface area contributed by atoms with E-state index in [1.165, 1.54) is 0 Å². The smallest absolute Gasteiger partial charge is 0.178 e. The lowest BCUT2D eigenvalue weighted by atomic mass is 10.2. The maximum absolute atomic E-state index is 5.34. The number of imidazole rings is 1. The normalized spacial score (nSPS) is 12.9. The second kappa shape index (κ2) is 4.29. The lowest BCUT2D eigenvalue weighted by molar-refractivity contribution is 0.415. The van der Waals surface area contributed by atoms with Crippen LogP contribution in [0.15, 0.2) is 18.2 Å². The molecule has 0 aliphatic carbocycles. The van der Waals surface area contributed by atoms with Gasteiger partial charge in [0.1, 0.15) is 5.75 Å². The van der Waals surface area contributed by atoms with Crippen molar-refractivity contribution in [1.29, 1.82) is 0 Å². The third-order valence-electron chi connectivity index (χ3n) is 2.96. The number of methoxy groups -OCH3 is 1. The number of benzene rings is 1. The van der Waals surface area contributed by atoms with Gasteiger partial charge in [-0.05, 0) is 37.7 Å². The quantitative estimate of drug-likeness (QED) is 0.824. The summed E-state index contributed by atoms with van der Waals surface area (Å²) in [6.45, 7) is 4.33. The number of aromatic amines is 1. The first-order chi connectivity index (χ1) is 7.67. The Kier molecular flexibility index (Phi) is 3.01. The fourth-order valence-electron chi connectivity index (χ4n) is 1.85. The SMILES string of the molecule is CCC(C)n1c(=S)[nH]c2ccc(OC)cc21. The molecule has 86 valence electrons. The van der Waals surface area contributed by atoms with Gasteiger partial charge in [-0.3, -0.25) is 0 Å². The molecule has 1 unspecified atom stereocenters. The second-order valence-electron chi connectivity index (χ2n) is 3.94. The Labute approximate surface area is 100 Å². The zero-order chi connectivity index (χ0) is 11.7. The minimum absolute atomic E-state index is 0.397. The first kappa shape index (κ1) is 11.2. The fourth-order valence-corrected chi connectivity index (χ4v) is 2.24. The Morgan fingerprint density at radius 2 is 2.25 bits per heavy atom. The van der Waals surface area contributed by atoms with E-state index in [4.69, 9.17) is 17.0 Å². The summed E-state index contributed by atoms with van der Waals surface area (Å²) in [5.74, 6) is 0.860. The molecule has 0 radical (unpaired) electrons. The number of aromatic nitrogens is 2. The predicted octanol–water partition coefficient (Wildman–Crippen LogP) is 3.68. The fraction of sp³-hybridized carbons (Fsp3) is 0.417. The monoisotopic (exact) mass is 236 g/mol. The summed E-state index contributed by atoms with van der Waals surface area (Å²) in [4.78, 5) is 3.22. The Balaban J connectivity index is 2.70. The summed E-state index contributed by atoms with van der Waals surface area (Å²) in [6, 6.07) is 6.36. The molecule has 0 saturated carbocycles. The average Bonchev–Trinajstić information content (AvgIpc) is 2.63. The highest BCUT2D eigenvalue weighted by Gasteiger charge is 2.10. The molecule has 0 aliphatic heterocycles. The molecule has 1 N–H and O–H groups in total. The molecule has 1 atom stereocenters. The summed E-state index contributed by atoms with van der Waals surface area (Å²) < 4.78 is 8.16. The van der Waals surface area contributed by atoms with Crippen LogP contribution in [0, 0.1) is 4.77 Å². The zero-order valence-corrected chi connectivity index (χ0v) is 10.6. The van der Waals surface area contributed by atoms with Crippen LogP contribution in [0.3, 0.4) is 0 Å². The molecule has 1 heterocycles. The number of H-pyrrole nitrogens is 1. The van der Waals surface area contributed by atoms with Gasteiger partial charge in [-0.25, -0.2) is 0 Å². The van der Waals surface area contributed by atoms with Gasteiger partial charge >= 0.3 is 0 Å². The van der Waals surface area contributed by atoms with E-state index in [1.54, 1.807) is 7.11 Å². The zero-order valence-electron chi connectivity index (χ0n) is 9.78. The average molecular weight is 236 g/mol. The van der Waals surface area contributed by atoms with Crippen LogP contribution in [-0.2, 0) is 0 Å². The predicted molar refractivity (Wildman–Crippen MR) is 68.7 cm³/mol. The molecule has 2 aromatic rings. The molecule has 4 heteroatoms. The van der Waals surface area contributed by atoms with Crippen molar-refractivity contribution < 1.29 is 4.74 Å². The van der Waals surface area contributed by atoms with Gasteiger partial charge in [0.05, 0.1) is 18.1 Å². The summed E-state index contributed by atoms with van der Waals surface area (Å²) in [6.07, 6.45) is 1.05. The minimum Gasteiger partial charge on any atom is -0.497 e. The van der Waals surface area contributed by atoms with Gasteiger partial charge in [0, 0.05) is 12.1 Å². The number of rotatable bonds is 3. The molecular weight excluding hydrogens is 220 g/mol. The van der Waals surface area contributed by atoms with Crippen molar-refractivity contribution in [3.8, 4) is 5.75 Å². The van der Waals surface area contributed by atoms with Crippen molar-refractivity contribution in [2.45, 2.75) is 26.3 Å². The van der Waals surface area contributed by atoms with Crippen LogP contribution in [0.5, 0.6) is 5.75 Å². The van der Waals surface area contributed by atoms with Crippen molar-refractivity contribution in [3.63, 3.8) is 0 Å². The number of nitrogens with one attached hydrogen (secondary N) is 1. The molecule has 1 aromatic carbocycles. The number of hydrogen-bond donors (Lipinski definition) is 1. The van der Waals surface area contributed by atoms with E-state index < -0.39 is 0 Å². The Hall–Kier alpha value is -1.29. The minimum atomic E-state index is 0.397. The highest BCUT2D eigenvalue weighted by molar-refractivity contribution is 7.71. The molecule has 16 heavy (non-hydrogen) atoms. The van der Waals surface area contributed by atoms with E-state index in [9.17, 15) is 0 Å². The highest BCUT2D eigenvalue weighted by Crippen LogP contribution is 2.24. The standard InChI is InChI=1S/C12H16N2OS/c1-4-8(2)14-11-7-9(15-3)5-6-10(11)13-12(14)16/h5-8H,4H2,1-3H3,(H,13,16). The number of nitrogens with zero attached hydrogens (tertiary/aromatic N) is 1. The lowest BCUT2D eigenvalue weighted by Crippen LogP contribution is -2.03. The first-order valence-electron chi connectivity index (χ1n) is 5.45. The molecule has 1 aromatic heterocycles. The maximum atomic E-state index is 5.34. The van der Waals surface area contributed by atoms with Crippen LogP contribution in [-0.4, -0.2) is 16.7 Å². The van der Waals surface area contributed by atoms with Crippen molar-refractivity contribution in [2.75, 3.05) is 7.11 Å². The molecule has 0 saturated heterocycles. The molecule has 2 rings (SSSR count). The van der Waals surface area contributed by atoms with Crippen LogP contribution in [0.4, 0.5) is 0 Å².